The maximum absolute atomic E-state index is 10.4. The van der Waals surface area contributed by atoms with Crippen LogP contribution in [-0.4, -0.2) is 56.8 Å². The largest absolute Gasteiger partial charge is 0.744 e. The van der Waals surface area contributed by atoms with Gasteiger partial charge in [-0.05, 0) is 32.9 Å². The average Bonchev–Trinajstić information content (AvgIpc) is 2.48. The third kappa shape index (κ3) is 5.74. The van der Waals surface area contributed by atoms with Crippen molar-refractivity contribution in [3.8, 4) is 0 Å². The first-order valence-corrected chi connectivity index (χ1v) is 8.69. The molecule has 1 fully saturated rings. The smallest absolute Gasteiger partial charge is 0.124 e. The zero-order valence-corrected chi connectivity index (χ0v) is 13.9. The van der Waals surface area contributed by atoms with E-state index >= 15 is 0 Å². The molecule has 0 bridgehead atoms. The Labute approximate surface area is 127 Å². The van der Waals surface area contributed by atoms with Gasteiger partial charge in [-0.3, -0.25) is 0 Å². The SMILES string of the molecule is CC[N+]1(CC)CCOCC1.Cc1ccc(S(=O)(=O)[O-])cc1. The molecule has 2 rings (SSSR count). The van der Waals surface area contributed by atoms with Crippen molar-refractivity contribution in [1.82, 2.24) is 0 Å². The molecule has 1 aliphatic heterocycles. The van der Waals surface area contributed by atoms with E-state index in [-0.39, 0.29) is 4.90 Å². The number of hydrogen-bond acceptors (Lipinski definition) is 4. The fraction of sp³-hybridized carbons (Fsp3) is 0.600. The molecule has 0 unspecified atom stereocenters. The maximum atomic E-state index is 10.4. The van der Waals surface area contributed by atoms with Crippen LogP contribution in [0.4, 0.5) is 0 Å². The molecule has 0 amide bonds. The summed E-state index contributed by atoms with van der Waals surface area (Å²) in [5.74, 6) is 0. The summed E-state index contributed by atoms with van der Waals surface area (Å²) in [4.78, 5) is -0.178. The molecule has 120 valence electrons. The number of hydrogen-bond donors (Lipinski definition) is 0. The van der Waals surface area contributed by atoms with Gasteiger partial charge in [0.25, 0.3) is 0 Å². The van der Waals surface area contributed by atoms with Crippen molar-refractivity contribution < 1.29 is 22.2 Å². The minimum Gasteiger partial charge on any atom is -0.744 e. The van der Waals surface area contributed by atoms with Gasteiger partial charge in [0.1, 0.15) is 23.2 Å². The highest BCUT2D eigenvalue weighted by atomic mass is 32.2. The molecule has 1 aliphatic rings. The predicted molar refractivity (Wildman–Crippen MR) is 81.0 cm³/mol. The summed E-state index contributed by atoms with van der Waals surface area (Å²) in [5.41, 5.74) is 0.928. The van der Waals surface area contributed by atoms with Gasteiger partial charge in [-0.25, -0.2) is 8.42 Å². The van der Waals surface area contributed by atoms with Gasteiger partial charge in [0, 0.05) is 0 Å². The van der Waals surface area contributed by atoms with E-state index in [0.29, 0.717) is 0 Å². The van der Waals surface area contributed by atoms with E-state index in [2.05, 4.69) is 13.8 Å². The van der Waals surface area contributed by atoms with E-state index in [0.717, 1.165) is 18.8 Å². The third-order valence-electron chi connectivity index (χ3n) is 4.07. The van der Waals surface area contributed by atoms with Gasteiger partial charge in [0.15, 0.2) is 0 Å². The van der Waals surface area contributed by atoms with Crippen LogP contribution in [0, 0.1) is 6.92 Å². The lowest BCUT2D eigenvalue weighted by atomic mass is 10.2. The van der Waals surface area contributed by atoms with Gasteiger partial charge in [0.05, 0.1) is 31.2 Å². The molecule has 0 aliphatic carbocycles. The lowest BCUT2D eigenvalue weighted by molar-refractivity contribution is -0.931. The molecular weight excluding hydrogens is 290 g/mol. The zero-order valence-electron chi connectivity index (χ0n) is 13.0. The predicted octanol–water partition coefficient (Wildman–Crippen LogP) is 1.77. The zero-order chi connectivity index (χ0) is 15.9. The van der Waals surface area contributed by atoms with Crippen molar-refractivity contribution in [3.05, 3.63) is 29.8 Å². The summed E-state index contributed by atoms with van der Waals surface area (Å²) in [5, 5.41) is 0. The fourth-order valence-corrected chi connectivity index (χ4v) is 2.76. The first kappa shape index (κ1) is 18.1. The van der Waals surface area contributed by atoms with Gasteiger partial charge in [-0.15, -0.1) is 0 Å². The Hall–Kier alpha value is -0.950. The van der Waals surface area contributed by atoms with Crippen molar-refractivity contribution in [2.24, 2.45) is 0 Å². The lowest BCUT2D eigenvalue weighted by Gasteiger charge is -2.39. The summed E-state index contributed by atoms with van der Waals surface area (Å²) in [6, 6.07) is 5.78. The first-order chi connectivity index (χ1) is 9.83. The molecule has 0 spiro atoms. The fourth-order valence-electron chi connectivity index (χ4n) is 2.29. The highest BCUT2D eigenvalue weighted by molar-refractivity contribution is 7.85. The van der Waals surface area contributed by atoms with Crippen molar-refractivity contribution in [3.63, 3.8) is 0 Å². The van der Waals surface area contributed by atoms with E-state index in [1.165, 1.54) is 42.8 Å². The van der Waals surface area contributed by atoms with Crippen LogP contribution in [0.3, 0.4) is 0 Å². The number of likely N-dealkylation sites (N-methyl/N-ethyl adjacent to an activating group) is 1. The molecule has 0 aromatic heterocycles. The quantitative estimate of drug-likeness (QED) is 0.630. The Morgan fingerprint density at radius 3 is 1.90 bits per heavy atom. The van der Waals surface area contributed by atoms with Gasteiger partial charge in [-0.1, -0.05) is 17.7 Å². The Morgan fingerprint density at radius 1 is 1.10 bits per heavy atom. The molecule has 0 N–H and O–H groups in total. The molecular formula is C15H25NO4S. The standard InChI is InChI=1S/C8H18NO.C7H8O3S/c1-3-9(4-2)5-7-10-8-6-9;1-6-2-4-7(5-3-6)11(8,9)10/h3-8H2,1-2H3;2-5H,1H3,(H,8,9,10)/q+1;/p-1. The number of rotatable bonds is 3. The van der Waals surface area contributed by atoms with Gasteiger partial charge in [0.2, 0.25) is 0 Å². The molecule has 0 atom stereocenters. The Morgan fingerprint density at radius 2 is 1.57 bits per heavy atom. The second-order valence-electron chi connectivity index (χ2n) is 5.30. The maximum Gasteiger partial charge on any atom is 0.124 e. The van der Waals surface area contributed by atoms with E-state index in [1.54, 1.807) is 12.1 Å². The van der Waals surface area contributed by atoms with Crippen LogP contribution in [0.1, 0.15) is 19.4 Å². The average molecular weight is 315 g/mol. The Bertz CT molecular complexity index is 513. The summed E-state index contributed by atoms with van der Waals surface area (Å²) in [7, 11) is -4.27. The monoisotopic (exact) mass is 315 g/mol. The highest BCUT2D eigenvalue weighted by Crippen LogP contribution is 2.09. The topological polar surface area (TPSA) is 66.4 Å². The molecule has 0 radical (unpaired) electrons. The van der Waals surface area contributed by atoms with Gasteiger partial charge >= 0.3 is 0 Å². The molecule has 1 saturated heterocycles. The number of quaternary nitrogens is 1. The number of ether oxygens (including phenoxy) is 1. The summed E-state index contributed by atoms with van der Waals surface area (Å²) >= 11 is 0. The molecule has 0 saturated carbocycles. The summed E-state index contributed by atoms with van der Waals surface area (Å²) in [6.45, 7) is 13.2. The molecule has 1 aromatic rings. The minimum atomic E-state index is -4.27. The summed E-state index contributed by atoms with van der Waals surface area (Å²) in [6.07, 6.45) is 0. The van der Waals surface area contributed by atoms with E-state index in [4.69, 9.17) is 4.74 Å². The van der Waals surface area contributed by atoms with Gasteiger partial charge < -0.3 is 13.8 Å². The van der Waals surface area contributed by atoms with E-state index in [9.17, 15) is 13.0 Å². The molecule has 21 heavy (non-hydrogen) atoms. The molecule has 1 heterocycles. The first-order valence-electron chi connectivity index (χ1n) is 7.28. The Kier molecular flexibility index (Phi) is 6.80. The second-order valence-corrected chi connectivity index (χ2v) is 6.68. The van der Waals surface area contributed by atoms with Crippen LogP contribution in [-0.2, 0) is 14.9 Å². The van der Waals surface area contributed by atoms with Crippen LogP contribution >= 0.6 is 0 Å². The number of benzene rings is 1. The van der Waals surface area contributed by atoms with Gasteiger partial charge in [-0.2, -0.15) is 0 Å². The Balaban J connectivity index is 0.000000211. The van der Waals surface area contributed by atoms with E-state index in [1.807, 2.05) is 6.92 Å². The molecule has 5 nitrogen and oxygen atoms in total. The van der Waals surface area contributed by atoms with Crippen molar-refractivity contribution in [1.29, 1.82) is 0 Å². The van der Waals surface area contributed by atoms with Crippen molar-refractivity contribution >= 4 is 10.1 Å². The number of aryl methyl sites for hydroxylation is 1. The van der Waals surface area contributed by atoms with Crippen molar-refractivity contribution in [2.45, 2.75) is 25.7 Å². The number of morpholine rings is 1. The second kappa shape index (κ2) is 7.89. The lowest BCUT2D eigenvalue weighted by Crippen LogP contribution is -2.54. The minimum absolute atomic E-state index is 0.178. The van der Waals surface area contributed by atoms with E-state index < -0.39 is 10.1 Å². The van der Waals surface area contributed by atoms with Crippen LogP contribution in [0.5, 0.6) is 0 Å². The van der Waals surface area contributed by atoms with Crippen LogP contribution < -0.4 is 0 Å². The highest BCUT2D eigenvalue weighted by Gasteiger charge is 2.25. The summed E-state index contributed by atoms with van der Waals surface area (Å²) < 4.78 is 37.7. The van der Waals surface area contributed by atoms with Crippen LogP contribution in [0.2, 0.25) is 0 Å². The van der Waals surface area contributed by atoms with Crippen LogP contribution in [0.15, 0.2) is 29.2 Å². The third-order valence-corrected chi connectivity index (χ3v) is 4.92. The molecule has 6 heteroatoms. The molecule has 1 aromatic carbocycles. The normalized spacial score (nSPS) is 17.7. The number of nitrogens with zero attached hydrogens (tertiary/aromatic N) is 1. The van der Waals surface area contributed by atoms with Crippen LogP contribution in [0.25, 0.3) is 0 Å². The van der Waals surface area contributed by atoms with Crippen molar-refractivity contribution in [2.75, 3.05) is 39.4 Å².